The highest BCUT2D eigenvalue weighted by atomic mass is 35.5. The van der Waals surface area contributed by atoms with Gasteiger partial charge in [0.1, 0.15) is 0 Å². The average molecular weight is 448 g/mol. The third-order valence-electron chi connectivity index (χ3n) is 2.98. The summed E-state index contributed by atoms with van der Waals surface area (Å²) in [6, 6.07) is 0.801. The summed E-state index contributed by atoms with van der Waals surface area (Å²) in [5, 5.41) is 3.58. The number of nitrogens with two attached hydrogens (primary N) is 2. The smallest absolute Gasteiger partial charge is 0.370 e. The van der Waals surface area contributed by atoms with Gasteiger partial charge in [0.2, 0.25) is 11.0 Å². The zero-order valence-electron chi connectivity index (χ0n) is 13.6. The maximum atomic E-state index is 12.8. The highest BCUT2D eigenvalue weighted by Gasteiger charge is 2.37. The van der Waals surface area contributed by atoms with Gasteiger partial charge in [-0.15, -0.1) is 23.7 Å². The first kappa shape index (κ1) is 23.5. The standard InChI is InChI=1S/C14H11F6N5OS.ClH/c15-13(16,17)6-1-7(14(18,19)20)3-8(2-6)23-10(26)4-9-5-27-12(24-9)25-11(21)22;/h1-3,5H,4H2,(H,23,26)(H4,21,22,24,25);1H. The van der Waals surface area contributed by atoms with Crippen molar-refractivity contribution in [2.24, 2.45) is 16.5 Å². The van der Waals surface area contributed by atoms with Crippen LogP contribution in [-0.4, -0.2) is 16.9 Å². The summed E-state index contributed by atoms with van der Waals surface area (Å²) in [6.07, 6.45) is -10.4. The van der Waals surface area contributed by atoms with E-state index in [9.17, 15) is 31.1 Å². The second-order valence-corrected chi connectivity index (χ2v) is 6.01. The summed E-state index contributed by atoms with van der Waals surface area (Å²) < 4.78 is 76.8. The highest BCUT2D eigenvalue weighted by molar-refractivity contribution is 7.13. The lowest BCUT2D eigenvalue weighted by Crippen LogP contribution is -2.21. The van der Waals surface area contributed by atoms with Gasteiger partial charge in [0.25, 0.3) is 0 Å². The van der Waals surface area contributed by atoms with E-state index in [1.165, 1.54) is 5.38 Å². The maximum absolute atomic E-state index is 12.8. The van der Waals surface area contributed by atoms with Crippen molar-refractivity contribution in [1.82, 2.24) is 4.98 Å². The monoisotopic (exact) mass is 447 g/mol. The molecule has 0 aliphatic heterocycles. The number of carbonyl (C=O) groups excluding carboxylic acids is 1. The molecule has 1 amide bonds. The molecule has 0 saturated heterocycles. The van der Waals surface area contributed by atoms with E-state index < -0.39 is 41.5 Å². The Hall–Kier alpha value is -2.54. The van der Waals surface area contributed by atoms with E-state index in [-0.39, 0.29) is 35.3 Å². The number of amides is 1. The van der Waals surface area contributed by atoms with Gasteiger partial charge in [-0.25, -0.2) is 4.98 Å². The van der Waals surface area contributed by atoms with Gasteiger partial charge in [0.15, 0.2) is 5.96 Å². The molecule has 0 unspecified atom stereocenters. The fourth-order valence-electron chi connectivity index (χ4n) is 1.94. The number of nitrogens with zero attached hydrogens (tertiary/aromatic N) is 2. The second-order valence-electron chi connectivity index (χ2n) is 5.18. The third kappa shape index (κ3) is 6.56. The summed E-state index contributed by atoms with van der Waals surface area (Å²) in [4.78, 5) is 19.5. The predicted molar refractivity (Wildman–Crippen MR) is 93.6 cm³/mol. The van der Waals surface area contributed by atoms with Crippen LogP contribution in [0.25, 0.3) is 0 Å². The molecule has 28 heavy (non-hydrogen) atoms. The van der Waals surface area contributed by atoms with Crippen molar-refractivity contribution < 1.29 is 31.1 Å². The zero-order chi connectivity index (χ0) is 20.4. The number of rotatable bonds is 4. The Morgan fingerprint density at radius 1 is 1.07 bits per heavy atom. The minimum absolute atomic E-state index is 0. The first-order valence-corrected chi connectivity index (χ1v) is 7.86. The van der Waals surface area contributed by atoms with Crippen molar-refractivity contribution in [3.8, 4) is 0 Å². The minimum atomic E-state index is -5.01. The molecule has 0 aliphatic rings. The fraction of sp³-hybridized carbons (Fsp3) is 0.214. The summed E-state index contributed by atoms with van der Waals surface area (Å²) in [5.74, 6) is -1.12. The number of anilines is 1. The quantitative estimate of drug-likeness (QED) is 0.377. The molecule has 5 N–H and O–H groups in total. The number of benzene rings is 1. The molecule has 1 aromatic carbocycles. The summed E-state index contributed by atoms with van der Waals surface area (Å²) in [6.45, 7) is 0. The molecule has 2 aromatic rings. The minimum Gasteiger partial charge on any atom is -0.370 e. The number of hydrogen-bond donors (Lipinski definition) is 3. The summed E-state index contributed by atoms with van der Waals surface area (Å²) in [7, 11) is 0. The Balaban J connectivity index is 0.00000392. The second kappa shape index (κ2) is 8.65. The number of aliphatic imine (C=N–C) groups is 1. The number of aromatic nitrogens is 1. The van der Waals surface area contributed by atoms with Gasteiger partial charge in [-0.2, -0.15) is 31.3 Å². The SMILES string of the molecule is Cl.NC(N)=Nc1nc(CC(=O)Nc2cc(C(F)(F)F)cc(C(F)(F)F)c2)cs1. The molecule has 154 valence electrons. The third-order valence-corrected chi connectivity index (χ3v) is 3.76. The Morgan fingerprint density at radius 3 is 2.07 bits per heavy atom. The van der Waals surface area contributed by atoms with Crippen LogP contribution in [0, 0.1) is 0 Å². The van der Waals surface area contributed by atoms with Gasteiger partial charge in [0.05, 0.1) is 23.2 Å². The van der Waals surface area contributed by atoms with Crippen molar-refractivity contribution in [2.45, 2.75) is 18.8 Å². The lowest BCUT2D eigenvalue weighted by atomic mass is 10.1. The molecule has 14 heteroatoms. The lowest BCUT2D eigenvalue weighted by molar-refractivity contribution is -0.143. The van der Waals surface area contributed by atoms with Crippen molar-refractivity contribution in [2.75, 3.05) is 5.32 Å². The topological polar surface area (TPSA) is 106 Å². The number of halogens is 7. The van der Waals surface area contributed by atoms with Crippen LogP contribution in [0.5, 0.6) is 0 Å². The van der Waals surface area contributed by atoms with Gasteiger partial charge < -0.3 is 16.8 Å². The predicted octanol–water partition coefficient (Wildman–Crippen LogP) is 3.69. The molecular weight excluding hydrogens is 436 g/mol. The summed E-state index contributed by atoms with van der Waals surface area (Å²) >= 11 is 1.00. The maximum Gasteiger partial charge on any atom is 0.416 e. The average Bonchev–Trinajstić information content (AvgIpc) is 2.91. The van der Waals surface area contributed by atoms with E-state index >= 15 is 0 Å². The van der Waals surface area contributed by atoms with E-state index in [2.05, 4.69) is 9.98 Å². The normalized spacial score (nSPS) is 11.5. The molecule has 0 saturated carbocycles. The van der Waals surface area contributed by atoms with Gasteiger partial charge >= 0.3 is 12.4 Å². The number of hydrogen-bond acceptors (Lipinski definition) is 4. The Kier molecular flexibility index (Phi) is 7.26. The molecule has 0 aliphatic carbocycles. The van der Waals surface area contributed by atoms with Crippen molar-refractivity contribution in [3.05, 3.63) is 40.4 Å². The van der Waals surface area contributed by atoms with E-state index in [4.69, 9.17) is 11.5 Å². The van der Waals surface area contributed by atoms with Crippen LogP contribution in [0.1, 0.15) is 16.8 Å². The van der Waals surface area contributed by atoms with E-state index in [1.54, 1.807) is 0 Å². The van der Waals surface area contributed by atoms with Crippen LogP contribution in [-0.2, 0) is 23.6 Å². The first-order valence-electron chi connectivity index (χ1n) is 6.98. The largest absolute Gasteiger partial charge is 0.416 e. The number of guanidine groups is 1. The zero-order valence-corrected chi connectivity index (χ0v) is 15.2. The first-order chi connectivity index (χ1) is 12.3. The van der Waals surface area contributed by atoms with Gasteiger partial charge in [-0.05, 0) is 18.2 Å². The van der Waals surface area contributed by atoms with E-state index in [1.807, 2.05) is 5.32 Å². The van der Waals surface area contributed by atoms with Gasteiger partial charge in [-0.3, -0.25) is 4.79 Å². The number of alkyl halides is 6. The molecule has 0 spiro atoms. The lowest BCUT2D eigenvalue weighted by Gasteiger charge is -2.14. The molecule has 0 radical (unpaired) electrons. The van der Waals surface area contributed by atoms with Crippen LogP contribution in [0.4, 0.5) is 37.2 Å². The van der Waals surface area contributed by atoms with Gasteiger partial charge in [0, 0.05) is 11.1 Å². The van der Waals surface area contributed by atoms with Crippen LogP contribution in [0.3, 0.4) is 0 Å². The number of thiazole rings is 1. The van der Waals surface area contributed by atoms with E-state index in [0.29, 0.717) is 12.1 Å². The molecule has 2 rings (SSSR count). The molecule has 6 nitrogen and oxygen atoms in total. The Morgan fingerprint density at radius 2 is 1.61 bits per heavy atom. The highest BCUT2D eigenvalue weighted by Crippen LogP contribution is 2.37. The van der Waals surface area contributed by atoms with Crippen molar-refractivity contribution in [1.29, 1.82) is 0 Å². The Bertz CT molecular complexity index is 844. The van der Waals surface area contributed by atoms with Crippen LogP contribution < -0.4 is 16.8 Å². The van der Waals surface area contributed by atoms with Crippen LogP contribution in [0.15, 0.2) is 28.6 Å². The van der Waals surface area contributed by atoms with Crippen molar-refractivity contribution in [3.63, 3.8) is 0 Å². The van der Waals surface area contributed by atoms with Gasteiger partial charge in [-0.1, -0.05) is 0 Å². The molecule has 1 aromatic heterocycles. The molecule has 0 fully saturated rings. The van der Waals surface area contributed by atoms with E-state index in [0.717, 1.165) is 11.3 Å². The number of nitrogens with one attached hydrogen (secondary N) is 1. The summed E-state index contributed by atoms with van der Waals surface area (Å²) in [5.41, 5.74) is 6.83. The molecule has 0 bridgehead atoms. The van der Waals surface area contributed by atoms with Crippen LogP contribution >= 0.6 is 23.7 Å². The molecular formula is C14H12ClF6N5OS. The Labute approximate surface area is 164 Å². The van der Waals surface area contributed by atoms with Crippen LogP contribution in [0.2, 0.25) is 0 Å². The molecule has 0 atom stereocenters. The molecule has 1 heterocycles. The fourth-order valence-corrected chi connectivity index (χ4v) is 2.64. The number of carbonyl (C=O) groups is 1. The van der Waals surface area contributed by atoms with Crippen molar-refractivity contribution >= 4 is 46.4 Å².